The largest absolute Gasteiger partial charge is 0.491 e. The van der Waals surface area contributed by atoms with E-state index in [0.29, 0.717) is 48.6 Å². The number of carbonyl (C=O) groups is 2. The summed E-state index contributed by atoms with van der Waals surface area (Å²) in [5, 5.41) is 2.84. The van der Waals surface area contributed by atoms with Crippen LogP contribution < -0.4 is 14.8 Å². The minimum absolute atomic E-state index is 0.0457. The molecule has 1 unspecified atom stereocenters. The standard InChI is InChI=1S/C21H20F2N2O4/c1-25-18(4-5-19(25)26)21(27)24-17-10-14(9-13-6-7-28-20(13)17)29-11-12-2-3-15(22)16(23)8-12/h2-3,8-10,18H,4-7,11H2,1H3,(H,24,27). The summed E-state index contributed by atoms with van der Waals surface area (Å²) in [6, 6.07) is 6.51. The number of nitrogens with one attached hydrogen (secondary N) is 1. The number of halogens is 2. The first-order chi connectivity index (χ1) is 13.9. The van der Waals surface area contributed by atoms with Crippen molar-refractivity contribution in [1.29, 1.82) is 0 Å². The van der Waals surface area contributed by atoms with E-state index in [2.05, 4.69) is 5.32 Å². The van der Waals surface area contributed by atoms with E-state index < -0.39 is 17.7 Å². The van der Waals surface area contributed by atoms with E-state index >= 15 is 0 Å². The van der Waals surface area contributed by atoms with Crippen molar-refractivity contribution in [2.75, 3.05) is 19.0 Å². The molecular weight excluding hydrogens is 382 g/mol. The van der Waals surface area contributed by atoms with Gasteiger partial charge in [-0.1, -0.05) is 6.07 Å². The van der Waals surface area contributed by atoms with E-state index in [1.807, 2.05) is 6.07 Å². The molecule has 1 N–H and O–H groups in total. The van der Waals surface area contributed by atoms with Gasteiger partial charge in [-0.2, -0.15) is 0 Å². The lowest BCUT2D eigenvalue weighted by molar-refractivity contribution is -0.131. The predicted octanol–water partition coefficient (Wildman–Crippen LogP) is 3.04. The van der Waals surface area contributed by atoms with Gasteiger partial charge in [-0.05, 0) is 30.2 Å². The minimum Gasteiger partial charge on any atom is -0.491 e. The van der Waals surface area contributed by atoms with E-state index in [0.717, 1.165) is 17.7 Å². The van der Waals surface area contributed by atoms with Gasteiger partial charge in [-0.25, -0.2) is 8.78 Å². The van der Waals surface area contributed by atoms with Crippen LogP contribution >= 0.6 is 0 Å². The van der Waals surface area contributed by atoms with Gasteiger partial charge in [0.2, 0.25) is 11.8 Å². The first kappa shape index (κ1) is 19.2. The molecule has 0 aliphatic carbocycles. The summed E-state index contributed by atoms with van der Waals surface area (Å²) in [5.74, 6) is -1.12. The predicted molar refractivity (Wildman–Crippen MR) is 101 cm³/mol. The molecule has 1 atom stereocenters. The summed E-state index contributed by atoms with van der Waals surface area (Å²) in [4.78, 5) is 25.8. The molecule has 2 aliphatic rings. The Balaban J connectivity index is 1.52. The van der Waals surface area contributed by atoms with Crippen LogP contribution in [-0.2, 0) is 22.6 Å². The Morgan fingerprint density at radius 1 is 1.24 bits per heavy atom. The Labute approximate surface area is 166 Å². The van der Waals surface area contributed by atoms with Gasteiger partial charge in [-0.15, -0.1) is 0 Å². The molecule has 2 heterocycles. The number of nitrogens with zero attached hydrogens (tertiary/aromatic N) is 1. The number of benzene rings is 2. The van der Waals surface area contributed by atoms with Gasteiger partial charge in [-0.3, -0.25) is 9.59 Å². The molecule has 8 heteroatoms. The van der Waals surface area contributed by atoms with Crippen LogP contribution in [0.3, 0.4) is 0 Å². The zero-order valence-electron chi connectivity index (χ0n) is 15.8. The van der Waals surface area contributed by atoms with Gasteiger partial charge in [0, 0.05) is 31.5 Å². The van der Waals surface area contributed by atoms with Crippen molar-refractivity contribution < 1.29 is 27.8 Å². The van der Waals surface area contributed by atoms with Crippen molar-refractivity contribution in [3.05, 3.63) is 53.1 Å². The molecule has 1 fully saturated rings. The van der Waals surface area contributed by atoms with Gasteiger partial charge in [0.15, 0.2) is 11.6 Å². The minimum atomic E-state index is -0.934. The van der Waals surface area contributed by atoms with Crippen LogP contribution in [0, 0.1) is 11.6 Å². The fourth-order valence-corrected chi connectivity index (χ4v) is 3.58. The summed E-state index contributed by atoms with van der Waals surface area (Å²) in [6.07, 6.45) is 1.49. The molecular formula is C21H20F2N2O4. The normalized spacial score (nSPS) is 17.8. The van der Waals surface area contributed by atoms with E-state index in [9.17, 15) is 18.4 Å². The van der Waals surface area contributed by atoms with Crippen LogP contribution in [0.5, 0.6) is 11.5 Å². The van der Waals surface area contributed by atoms with Crippen LogP contribution in [0.2, 0.25) is 0 Å². The first-order valence-corrected chi connectivity index (χ1v) is 9.35. The lowest BCUT2D eigenvalue weighted by Gasteiger charge is -2.20. The number of fused-ring (bicyclic) bond motifs is 1. The summed E-state index contributed by atoms with van der Waals surface area (Å²) in [6.45, 7) is 0.538. The molecule has 0 radical (unpaired) electrons. The zero-order valence-corrected chi connectivity index (χ0v) is 15.8. The first-order valence-electron chi connectivity index (χ1n) is 9.35. The number of amides is 2. The smallest absolute Gasteiger partial charge is 0.247 e. The van der Waals surface area contributed by atoms with Gasteiger partial charge in [0.25, 0.3) is 0 Å². The molecule has 2 aromatic rings. The number of hydrogen-bond donors (Lipinski definition) is 1. The molecule has 2 aromatic carbocycles. The number of carbonyl (C=O) groups excluding carboxylic acids is 2. The quantitative estimate of drug-likeness (QED) is 0.835. The fraction of sp³-hybridized carbons (Fsp3) is 0.333. The number of likely N-dealkylation sites (N-methyl/N-ethyl adjacent to an activating group) is 1. The molecule has 1 saturated heterocycles. The van der Waals surface area contributed by atoms with E-state index in [1.165, 1.54) is 11.0 Å². The maximum Gasteiger partial charge on any atom is 0.247 e. The van der Waals surface area contributed by atoms with Gasteiger partial charge >= 0.3 is 0 Å². The van der Waals surface area contributed by atoms with Crippen LogP contribution in [0.4, 0.5) is 14.5 Å². The Bertz CT molecular complexity index is 979. The molecule has 2 amide bonds. The highest BCUT2D eigenvalue weighted by Crippen LogP contribution is 2.38. The van der Waals surface area contributed by atoms with E-state index in [-0.39, 0.29) is 18.4 Å². The molecule has 0 aromatic heterocycles. The lowest BCUT2D eigenvalue weighted by atomic mass is 10.1. The van der Waals surface area contributed by atoms with Crippen LogP contribution in [0.1, 0.15) is 24.0 Å². The average molecular weight is 402 g/mol. The topological polar surface area (TPSA) is 67.9 Å². The van der Waals surface area contributed by atoms with Crippen LogP contribution in [0.15, 0.2) is 30.3 Å². The molecule has 0 saturated carbocycles. The summed E-state index contributed by atoms with van der Waals surface area (Å²) >= 11 is 0. The molecule has 6 nitrogen and oxygen atoms in total. The Morgan fingerprint density at radius 2 is 2.07 bits per heavy atom. The monoisotopic (exact) mass is 402 g/mol. The third kappa shape index (κ3) is 3.87. The second kappa shape index (κ2) is 7.69. The summed E-state index contributed by atoms with van der Waals surface area (Å²) in [5.41, 5.74) is 1.84. The average Bonchev–Trinajstić information content (AvgIpc) is 3.30. The Morgan fingerprint density at radius 3 is 2.79 bits per heavy atom. The lowest BCUT2D eigenvalue weighted by Crippen LogP contribution is -2.38. The van der Waals surface area contributed by atoms with E-state index in [4.69, 9.17) is 9.47 Å². The van der Waals surface area contributed by atoms with Crippen molar-refractivity contribution >= 4 is 17.5 Å². The van der Waals surface area contributed by atoms with Crippen LogP contribution in [0.25, 0.3) is 0 Å². The molecule has 2 aliphatic heterocycles. The third-order valence-electron chi connectivity index (χ3n) is 5.20. The van der Waals surface area contributed by atoms with Crippen molar-refractivity contribution in [3.63, 3.8) is 0 Å². The Kier molecular flexibility index (Phi) is 5.08. The molecule has 29 heavy (non-hydrogen) atoms. The number of likely N-dealkylation sites (tertiary alicyclic amines) is 1. The number of hydrogen-bond acceptors (Lipinski definition) is 4. The highest BCUT2D eigenvalue weighted by atomic mass is 19.2. The maximum absolute atomic E-state index is 13.4. The number of ether oxygens (including phenoxy) is 2. The number of rotatable bonds is 5. The number of anilines is 1. The second-order valence-electron chi connectivity index (χ2n) is 7.14. The molecule has 4 rings (SSSR count). The van der Waals surface area contributed by atoms with Crippen molar-refractivity contribution in [1.82, 2.24) is 4.90 Å². The summed E-state index contributed by atoms with van der Waals surface area (Å²) < 4.78 is 37.8. The highest BCUT2D eigenvalue weighted by Gasteiger charge is 2.34. The van der Waals surface area contributed by atoms with Crippen LogP contribution in [-0.4, -0.2) is 36.4 Å². The second-order valence-corrected chi connectivity index (χ2v) is 7.14. The van der Waals surface area contributed by atoms with Crippen molar-refractivity contribution in [2.45, 2.75) is 31.9 Å². The molecule has 152 valence electrons. The van der Waals surface area contributed by atoms with Crippen molar-refractivity contribution in [2.24, 2.45) is 0 Å². The van der Waals surface area contributed by atoms with Gasteiger partial charge in [0.1, 0.15) is 24.1 Å². The maximum atomic E-state index is 13.4. The SMILES string of the molecule is CN1C(=O)CCC1C(=O)Nc1cc(OCc2ccc(F)c(F)c2)cc2c1OCC2. The highest BCUT2D eigenvalue weighted by molar-refractivity contribution is 6.00. The molecule has 0 bridgehead atoms. The van der Waals surface area contributed by atoms with Crippen molar-refractivity contribution in [3.8, 4) is 11.5 Å². The summed E-state index contributed by atoms with van der Waals surface area (Å²) in [7, 11) is 1.61. The van der Waals surface area contributed by atoms with E-state index in [1.54, 1.807) is 13.1 Å². The Hall–Kier alpha value is -3.16. The third-order valence-corrected chi connectivity index (χ3v) is 5.20. The fourth-order valence-electron chi connectivity index (χ4n) is 3.58. The van der Waals surface area contributed by atoms with Gasteiger partial charge < -0.3 is 19.7 Å². The zero-order chi connectivity index (χ0) is 20.5. The molecule has 0 spiro atoms. The van der Waals surface area contributed by atoms with Gasteiger partial charge in [0.05, 0.1) is 12.3 Å².